The largest absolute Gasteiger partial charge is 0.444 e. The number of aryl methyl sites for hydroxylation is 2. The Morgan fingerprint density at radius 3 is 1.49 bits per heavy atom. The van der Waals surface area contributed by atoms with Crippen molar-refractivity contribution in [3.05, 3.63) is 44.1 Å². The number of benzene rings is 1. The van der Waals surface area contributed by atoms with E-state index in [2.05, 4.69) is 9.97 Å². The summed E-state index contributed by atoms with van der Waals surface area (Å²) in [6.45, 7) is 19.7. The van der Waals surface area contributed by atoms with Gasteiger partial charge < -0.3 is 47.9 Å². The standard InChI is InChI=1S/C42H64N8O11/c1-28-25-30-31(26-29(28)2)49(21-22-58-24-23-57-12)34-33(43-30)35(52)50(36(53)44-34)27-32(51)45-13-15-46(37(54)59-40(3,4)5)17-19-48(39(56)61-42(9,10)11)20-18-47(16-14-45)38(55)60-41(6,7)8/h25-26H,13-24,27H2,1-12H3. The van der Waals surface area contributed by atoms with E-state index in [4.69, 9.17) is 23.7 Å². The number of methoxy groups -OCH3 is 1. The van der Waals surface area contributed by atoms with Gasteiger partial charge in [0.2, 0.25) is 5.91 Å². The number of rotatable bonds is 8. The van der Waals surface area contributed by atoms with Crippen molar-refractivity contribution in [2.45, 2.75) is 106 Å². The van der Waals surface area contributed by atoms with Gasteiger partial charge in [0.25, 0.3) is 5.56 Å². The maximum absolute atomic E-state index is 14.3. The van der Waals surface area contributed by atoms with Crippen LogP contribution < -0.4 is 11.2 Å². The van der Waals surface area contributed by atoms with Gasteiger partial charge in [-0.15, -0.1) is 0 Å². The smallest absolute Gasteiger partial charge is 0.410 e. The number of carbonyl (C=O) groups is 4. The maximum atomic E-state index is 14.3. The zero-order valence-corrected chi connectivity index (χ0v) is 37.9. The summed E-state index contributed by atoms with van der Waals surface area (Å²) in [6, 6.07) is 3.77. The number of hydrogen-bond acceptors (Lipinski definition) is 13. The topological polar surface area (TPSA) is 197 Å². The molecule has 1 aromatic carbocycles. The molecule has 0 radical (unpaired) electrons. The zero-order valence-electron chi connectivity index (χ0n) is 37.9. The van der Waals surface area contributed by atoms with Gasteiger partial charge in [0.05, 0.1) is 30.9 Å². The Kier molecular flexibility index (Phi) is 15.9. The van der Waals surface area contributed by atoms with Gasteiger partial charge in [-0.3, -0.25) is 9.59 Å². The Hall–Kier alpha value is -5.30. The molecule has 19 heteroatoms. The molecule has 4 rings (SSSR count). The number of amides is 4. The van der Waals surface area contributed by atoms with E-state index in [1.807, 2.05) is 26.0 Å². The first kappa shape index (κ1) is 48.4. The molecule has 0 aromatic heterocycles. The third-order valence-corrected chi connectivity index (χ3v) is 9.51. The highest BCUT2D eigenvalue weighted by Crippen LogP contribution is 2.24. The predicted octanol–water partition coefficient (Wildman–Crippen LogP) is 3.89. The fraction of sp³-hybridized carbons (Fsp3) is 0.667. The second kappa shape index (κ2) is 20.0. The first-order valence-electron chi connectivity index (χ1n) is 20.6. The minimum atomic E-state index is -0.952. The number of ether oxygens (including phenoxy) is 5. The Balaban J connectivity index is 1.73. The van der Waals surface area contributed by atoms with Crippen LogP contribution in [0, 0.1) is 13.8 Å². The molecule has 3 aliphatic rings. The van der Waals surface area contributed by atoms with E-state index in [1.54, 1.807) is 74.0 Å². The molecule has 19 nitrogen and oxygen atoms in total. The van der Waals surface area contributed by atoms with Gasteiger partial charge in [-0.25, -0.2) is 28.7 Å². The van der Waals surface area contributed by atoms with Crippen LogP contribution in [0.3, 0.4) is 0 Å². The lowest BCUT2D eigenvalue weighted by Crippen LogP contribution is -2.53. The van der Waals surface area contributed by atoms with Crippen LogP contribution in [0.5, 0.6) is 0 Å². The Morgan fingerprint density at radius 1 is 0.607 bits per heavy atom. The van der Waals surface area contributed by atoms with Gasteiger partial charge in [0.1, 0.15) is 23.3 Å². The SMILES string of the molecule is COCCOCCn1c2nc(=O)n(CC(=O)N3CCN(C(=O)OC(C)(C)C)CCN(C(=O)OC(C)(C)C)CCN(C(=O)OC(C)(C)C)CC3)c(=O)c-2nc2cc(C)c(C)cc21. The second-order valence-electron chi connectivity index (χ2n) is 18.0. The molecule has 0 atom stereocenters. The predicted molar refractivity (Wildman–Crippen MR) is 227 cm³/mol. The van der Waals surface area contributed by atoms with Crippen molar-refractivity contribution in [1.82, 2.24) is 38.7 Å². The third-order valence-electron chi connectivity index (χ3n) is 9.51. The molecule has 61 heavy (non-hydrogen) atoms. The van der Waals surface area contributed by atoms with Crippen molar-refractivity contribution in [3.8, 4) is 11.5 Å². The number of hydrogen-bond donors (Lipinski definition) is 0. The van der Waals surface area contributed by atoms with Gasteiger partial charge in [0.15, 0.2) is 11.5 Å². The number of aromatic nitrogens is 4. The Bertz CT molecular complexity index is 2090. The lowest BCUT2D eigenvalue weighted by atomic mass is 10.1. The fourth-order valence-electron chi connectivity index (χ4n) is 6.32. The molecule has 3 heterocycles. The molecule has 1 fully saturated rings. The van der Waals surface area contributed by atoms with Gasteiger partial charge in [-0.2, -0.15) is 4.98 Å². The molecular weight excluding hydrogens is 793 g/mol. The van der Waals surface area contributed by atoms with Crippen LogP contribution in [-0.2, 0) is 41.6 Å². The molecule has 0 saturated carbocycles. The monoisotopic (exact) mass is 856 g/mol. The maximum Gasteiger partial charge on any atom is 0.410 e. The zero-order chi connectivity index (χ0) is 45.4. The first-order chi connectivity index (χ1) is 28.4. The first-order valence-corrected chi connectivity index (χ1v) is 20.6. The summed E-state index contributed by atoms with van der Waals surface area (Å²) < 4.78 is 30.3. The van der Waals surface area contributed by atoms with Crippen LogP contribution in [0.15, 0.2) is 21.7 Å². The van der Waals surface area contributed by atoms with E-state index in [0.29, 0.717) is 24.2 Å². The number of nitrogens with zero attached hydrogens (tertiary/aromatic N) is 8. The Morgan fingerprint density at radius 2 is 1.05 bits per heavy atom. The van der Waals surface area contributed by atoms with Crippen LogP contribution in [0.2, 0.25) is 0 Å². The van der Waals surface area contributed by atoms with E-state index >= 15 is 0 Å². The second-order valence-corrected chi connectivity index (χ2v) is 18.0. The van der Waals surface area contributed by atoms with Crippen molar-refractivity contribution in [2.75, 3.05) is 79.3 Å². The quantitative estimate of drug-likeness (QED) is 0.180. The summed E-state index contributed by atoms with van der Waals surface area (Å²) in [4.78, 5) is 97.2. The van der Waals surface area contributed by atoms with Gasteiger partial charge in [0, 0.05) is 66.0 Å². The molecule has 1 saturated heterocycles. The normalized spacial score (nSPS) is 15.1. The van der Waals surface area contributed by atoms with Crippen molar-refractivity contribution in [1.29, 1.82) is 0 Å². The lowest BCUT2D eigenvalue weighted by molar-refractivity contribution is -0.132. The minimum absolute atomic E-state index is 0.00255. The van der Waals surface area contributed by atoms with Crippen LogP contribution in [0.25, 0.3) is 22.6 Å². The molecule has 0 aliphatic carbocycles. The van der Waals surface area contributed by atoms with Crippen molar-refractivity contribution in [2.24, 2.45) is 0 Å². The van der Waals surface area contributed by atoms with Crippen molar-refractivity contribution >= 4 is 35.2 Å². The fourth-order valence-corrected chi connectivity index (χ4v) is 6.32. The van der Waals surface area contributed by atoms with Crippen LogP contribution in [0.4, 0.5) is 14.4 Å². The molecule has 4 amide bonds. The summed E-state index contributed by atoms with van der Waals surface area (Å²) in [5.41, 5.74) is -1.30. The van der Waals surface area contributed by atoms with Gasteiger partial charge in [-0.1, -0.05) is 0 Å². The third kappa shape index (κ3) is 13.9. The molecule has 1 aromatic rings. The highest BCUT2D eigenvalue weighted by Gasteiger charge is 2.31. The molecule has 0 unspecified atom stereocenters. The van der Waals surface area contributed by atoms with Crippen molar-refractivity contribution in [3.63, 3.8) is 0 Å². The number of carbonyl (C=O) groups excluding carboxylic acids is 4. The minimum Gasteiger partial charge on any atom is -0.444 e. The average molecular weight is 857 g/mol. The highest BCUT2D eigenvalue weighted by molar-refractivity contribution is 5.81. The Labute approximate surface area is 357 Å². The summed E-state index contributed by atoms with van der Waals surface area (Å²) in [5, 5.41) is 0. The van der Waals surface area contributed by atoms with Crippen LogP contribution >= 0.6 is 0 Å². The molecule has 0 bridgehead atoms. The molecular formula is C42H64N8O11. The lowest BCUT2D eigenvalue weighted by Gasteiger charge is -2.35. The summed E-state index contributed by atoms with van der Waals surface area (Å²) in [5.74, 6) is -0.592. The van der Waals surface area contributed by atoms with Crippen LogP contribution in [-0.4, -0.2) is 159 Å². The summed E-state index contributed by atoms with van der Waals surface area (Å²) >= 11 is 0. The molecule has 0 N–H and O–H groups in total. The van der Waals surface area contributed by atoms with Crippen molar-refractivity contribution < 1.29 is 42.9 Å². The highest BCUT2D eigenvalue weighted by atomic mass is 16.6. The van der Waals surface area contributed by atoms with E-state index in [-0.39, 0.29) is 77.0 Å². The molecule has 0 spiro atoms. The molecule has 3 aliphatic heterocycles. The van der Waals surface area contributed by atoms with E-state index in [0.717, 1.165) is 15.7 Å². The van der Waals surface area contributed by atoms with Gasteiger partial charge >= 0.3 is 24.0 Å². The van der Waals surface area contributed by atoms with Crippen LogP contribution in [0.1, 0.15) is 73.4 Å². The summed E-state index contributed by atoms with van der Waals surface area (Å²) in [7, 11) is 1.57. The molecule has 338 valence electrons. The van der Waals surface area contributed by atoms with E-state index in [9.17, 15) is 28.8 Å². The number of fused-ring (bicyclic) bond motifs is 2. The van der Waals surface area contributed by atoms with E-state index < -0.39 is 58.8 Å². The van der Waals surface area contributed by atoms with E-state index in [1.165, 1.54) is 19.6 Å². The summed E-state index contributed by atoms with van der Waals surface area (Å²) in [6.07, 6.45) is -1.98. The average Bonchev–Trinajstić information content (AvgIpc) is 3.12. The van der Waals surface area contributed by atoms with Gasteiger partial charge in [-0.05, 0) is 99.4 Å².